The zero-order chi connectivity index (χ0) is 12.1. The van der Waals surface area contributed by atoms with E-state index in [9.17, 15) is 10.1 Å². The molecule has 1 aromatic carbocycles. The normalized spacial score (nSPS) is 12.4. The largest absolute Gasteiger partial charge is 0.392 e. The van der Waals surface area contributed by atoms with Crippen LogP contribution in [0.4, 0.5) is 5.69 Å². The number of benzene rings is 1. The first-order valence-corrected chi connectivity index (χ1v) is 5.61. The molecule has 0 aliphatic heterocycles. The van der Waals surface area contributed by atoms with E-state index >= 15 is 0 Å². The number of nitro benzene ring substituents is 1. The minimum atomic E-state index is -0.428. The molecule has 0 spiro atoms. The van der Waals surface area contributed by atoms with Gasteiger partial charge in [0, 0.05) is 19.2 Å². The van der Waals surface area contributed by atoms with Crippen molar-refractivity contribution in [1.82, 2.24) is 5.32 Å². The van der Waals surface area contributed by atoms with Gasteiger partial charge in [0.1, 0.15) is 0 Å². The van der Waals surface area contributed by atoms with E-state index in [2.05, 4.69) is 21.2 Å². The van der Waals surface area contributed by atoms with Gasteiger partial charge in [-0.05, 0) is 34.5 Å². The Hall–Kier alpha value is -0.980. The highest BCUT2D eigenvalue weighted by Gasteiger charge is 2.11. The number of nitro groups is 1. The summed E-state index contributed by atoms with van der Waals surface area (Å²) in [6.45, 7) is 2.64. The third-order valence-electron chi connectivity index (χ3n) is 1.98. The number of hydrogen-bond acceptors (Lipinski definition) is 4. The number of hydrogen-bond donors (Lipinski definition) is 2. The third kappa shape index (κ3) is 3.88. The van der Waals surface area contributed by atoms with E-state index in [1.165, 1.54) is 6.07 Å². The number of aliphatic hydroxyl groups is 1. The Morgan fingerprint density at radius 3 is 2.88 bits per heavy atom. The molecule has 1 aromatic rings. The van der Waals surface area contributed by atoms with Crippen LogP contribution in [0.2, 0.25) is 0 Å². The van der Waals surface area contributed by atoms with Crippen LogP contribution in [0.15, 0.2) is 22.7 Å². The fourth-order valence-electron chi connectivity index (χ4n) is 1.23. The summed E-state index contributed by atoms with van der Waals surface area (Å²) in [5, 5.41) is 22.7. The van der Waals surface area contributed by atoms with Gasteiger partial charge in [-0.2, -0.15) is 0 Å². The topological polar surface area (TPSA) is 75.4 Å². The molecule has 0 aliphatic carbocycles. The van der Waals surface area contributed by atoms with Crippen molar-refractivity contribution in [3.8, 4) is 0 Å². The van der Waals surface area contributed by atoms with Gasteiger partial charge in [-0.1, -0.05) is 6.07 Å². The summed E-state index contributed by atoms with van der Waals surface area (Å²) in [7, 11) is 0. The first kappa shape index (κ1) is 13.1. The highest BCUT2D eigenvalue weighted by atomic mass is 79.9. The summed E-state index contributed by atoms with van der Waals surface area (Å²) in [5.74, 6) is 0. The number of halogens is 1. The molecular weight excluding hydrogens is 276 g/mol. The van der Waals surface area contributed by atoms with Crippen molar-refractivity contribution in [2.75, 3.05) is 6.54 Å². The fraction of sp³-hybridized carbons (Fsp3) is 0.400. The van der Waals surface area contributed by atoms with E-state index < -0.39 is 11.0 Å². The van der Waals surface area contributed by atoms with Gasteiger partial charge < -0.3 is 10.4 Å². The second kappa shape index (κ2) is 5.93. The van der Waals surface area contributed by atoms with E-state index in [1.807, 2.05) is 0 Å². The monoisotopic (exact) mass is 288 g/mol. The summed E-state index contributed by atoms with van der Waals surface area (Å²) in [4.78, 5) is 10.2. The molecule has 0 saturated carbocycles. The molecule has 0 saturated heterocycles. The van der Waals surface area contributed by atoms with Crippen molar-refractivity contribution < 1.29 is 10.0 Å². The summed E-state index contributed by atoms with van der Waals surface area (Å²) in [6.07, 6.45) is -0.426. The Morgan fingerprint density at radius 1 is 1.62 bits per heavy atom. The van der Waals surface area contributed by atoms with Gasteiger partial charge in [-0.25, -0.2) is 0 Å². The molecule has 1 atom stereocenters. The van der Waals surface area contributed by atoms with Crippen LogP contribution in [0.3, 0.4) is 0 Å². The van der Waals surface area contributed by atoms with Crippen LogP contribution >= 0.6 is 15.9 Å². The van der Waals surface area contributed by atoms with Gasteiger partial charge in [0.25, 0.3) is 5.69 Å². The molecule has 0 aliphatic rings. The number of nitrogens with zero attached hydrogens (tertiary/aromatic N) is 1. The number of rotatable bonds is 5. The van der Waals surface area contributed by atoms with Gasteiger partial charge in [0.2, 0.25) is 0 Å². The Labute approximate surface area is 102 Å². The van der Waals surface area contributed by atoms with Gasteiger partial charge >= 0.3 is 0 Å². The quantitative estimate of drug-likeness (QED) is 0.640. The van der Waals surface area contributed by atoms with Crippen molar-refractivity contribution in [3.63, 3.8) is 0 Å². The Bertz CT molecular complexity index is 382. The van der Waals surface area contributed by atoms with Crippen molar-refractivity contribution in [2.24, 2.45) is 0 Å². The van der Waals surface area contributed by atoms with Crippen molar-refractivity contribution in [1.29, 1.82) is 0 Å². The Kier molecular flexibility index (Phi) is 4.85. The number of aliphatic hydroxyl groups excluding tert-OH is 1. The molecule has 88 valence electrons. The van der Waals surface area contributed by atoms with Gasteiger partial charge in [-0.3, -0.25) is 10.1 Å². The molecule has 0 bridgehead atoms. The lowest BCUT2D eigenvalue weighted by molar-refractivity contribution is -0.385. The van der Waals surface area contributed by atoms with Crippen molar-refractivity contribution >= 4 is 21.6 Å². The smallest absolute Gasteiger partial charge is 0.283 e. The molecule has 6 heteroatoms. The second-order valence-electron chi connectivity index (χ2n) is 3.52. The van der Waals surface area contributed by atoms with Gasteiger partial charge in [-0.15, -0.1) is 0 Å². The zero-order valence-corrected chi connectivity index (χ0v) is 10.4. The molecule has 0 amide bonds. The maximum absolute atomic E-state index is 10.7. The molecule has 0 aromatic heterocycles. The van der Waals surface area contributed by atoms with Gasteiger partial charge in [0.15, 0.2) is 0 Å². The first-order chi connectivity index (χ1) is 7.50. The molecule has 2 N–H and O–H groups in total. The fourth-order valence-corrected chi connectivity index (χ4v) is 1.62. The highest BCUT2D eigenvalue weighted by Crippen LogP contribution is 2.25. The summed E-state index contributed by atoms with van der Waals surface area (Å²) < 4.78 is 0.469. The molecule has 5 nitrogen and oxygen atoms in total. The molecule has 16 heavy (non-hydrogen) atoms. The zero-order valence-electron chi connectivity index (χ0n) is 8.81. The molecule has 0 heterocycles. The molecular formula is C10H13BrN2O3. The van der Waals surface area contributed by atoms with Crippen molar-refractivity contribution in [3.05, 3.63) is 38.3 Å². The van der Waals surface area contributed by atoms with Crippen LogP contribution in [0.1, 0.15) is 12.5 Å². The highest BCUT2D eigenvalue weighted by molar-refractivity contribution is 9.10. The summed E-state index contributed by atoms with van der Waals surface area (Å²) >= 11 is 3.12. The van der Waals surface area contributed by atoms with Crippen LogP contribution in [-0.4, -0.2) is 22.7 Å². The minimum Gasteiger partial charge on any atom is -0.392 e. The average molecular weight is 289 g/mol. The molecule has 1 rings (SSSR count). The van der Waals surface area contributed by atoms with Gasteiger partial charge in [0.05, 0.1) is 15.5 Å². The second-order valence-corrected chi connectivity index (χ2v) is 4.38. The maximum Gasteiger partial charge on any atom is 0.283 e. The predicted octanol–water partition coefficient (Wildman–Crippen LogP) is 1.83. The summed E-state index contributed by atoms with van der Waals surface area (Å²) in [5.41, 5.74) is 0.867. The van der Waals surface area contributed by atoms with Crippen LogP contribution in [0, 0.1) is 10.1 Å². The average Bonchev–Trinajstić information content (AvgIpc) is 2.19. The lowest BCUT2D eigenvalue weighted by atomic mass is 10.2. The van der Waals surface area contributed by atoms with Crippen molar-refractivity contribution in [2.45, 2.75) is 19.6 Å². The van der Waals surface area contributed by atoms with E-state index in [4.69, 9.17) is 5.11 Å². The summed E-state index contributed by atoms with van der Waals surface area (Å²) in [6, 6.07) is 4.96. The first-order valence-electron chi connectivity index (χ1n) is 4.82. The van der Waals surface area contributed by atoms with Crippen LogP contribution in [-0.2, 0) is 6.54 Å². The molecule has 1 unspecified atom stereocenters. The van der Waals surface area contributed by atoms with E-state index in [-0.39, 0.29) is 5.69 Å². The van der Waals surface area contributed by atoms with E-state index in [0.717, 1.165) is 5.56 Å². The maximum atomic E-state index is 10.7. The van der Waals surface area contributed by atoms with E-state index in [0.29, 0.717) is 17.6 Å². The van der Waals surface area contributed by atoms with Crippen LogP contribution < -0.4 is 5.32 Å². The lowest BCUT2D eigenvalue weighted by Crippen LogP contribution is -2.23. The SMILES string of the molecule is CC(O)CNCc1ccc(Br)c([N+](=O)[O-])c1. The number of nitrogens with one attached hydrogen (secondary N) is 1. The lowest BCUT2D eigenvalue weighted by Gasteiger charge is -2.07. The minimum absolute atomic E-state index is 0.0522. The van der Waals surface area contributed by atoms with Crippen LogP contribution in [0.5, 0.6) is 0 Å². The molecule has 0 fully saturated rings. The Balaban J connectivity index is 2.68. The Morgan fingerprint density at radius 2 is 2.31 bits per heavy atom. The predicted molar refractivity (Wildman–Crippen MR) is 64.2 cm³/mol. The van der Waals surface area contributed by atoms with Crippen LogP contribution in [0.25, 0.3) is 0 Å². The third-order valence-corrected chi connectivity index (χ3v) is 2.65. The molecule has 0 radical (unpaired) electrons. The van der Waals surface area contributed by atoms with E-state index in [1.54, 1.807) is 19.1 Å². The standard InChI is InChI=1S/C10H13BrN2O3/c1-7(14)5-12-6-8-2-3-9(11)10(4-8)13(15)16/h2-4,7,12,14H,5-6H2,1H3.